The molecular formula is C23H20N2O4. The number of rotatable bonds is 5. The number of ether oxygens (including phenoxy) is 1. The third kappa shape index (κ3) is 4.27. The third-order valence-electron chi connectivity index (χ3n) is 4.89. The molecule has 0 saturated carbocycles. The Bertz CT molecular complexity index is 1150. The lowest BCUT2D eigenvalue weighted by Crippen LogP contribution is -2.23. The molecule has 0 spiro atoms. The highest BCUT2D eigenvalue weighted by molar-refractivity contribution is 5.95. The van der Waals surface area contributed by atoms with E-state index < -0.39 is 5.97 Å². The van der Waals surface area contributed by atoms with Crippen LogP contribution in [0, 0.1) is 0 Å². The van der Waals surface area contributed by atoms with Gasteiger partial charge in [0.1, 0.15) is 6.61 Å². The van der Waals surface area contributed by atoms with Crippen LogP contribution in [0.5, 0.6) is 0 Å². The number of anilines is 1. The number of para-hydroxylation sites is 1. The number of aromatic nitrogens is 1. The van der Waals surface area contributed by atoms with Crippen molar-refractivity contribution in [1.29, 1.82) is 0 Å². The van der Waals surface area contributed by atoms with Gasteiger partial charge in [-0.1, -0.05) is 30.3 Å². The molecule has 0 radical (unpaired) electrons. The number of H-pyrrole nitrogens is 1. The summed E-state index contributed by atoms with van der Waals surface area (Å²) < 4.78 is 5.20. The molecule has 1 fully saturated rings. The molecule has 29 heavy (non-hydrogen) atoms. The van der Waals surface area contributed by atoms with Crippen LogP contribution in [0.1, 0.15) is 24.0 Å². The predicted molar refractivity (Wildman–Crippen MR) is 111 cm³/mol. The van der Waals surface area contributed by atoms with Gasteiger partial charge in [-0.25, -0.2) is 4.79 Å². The molecule has 0 atom stereocenters. The number of carbonyl (C=O) groups excluding carboxylic acids is 2. The quantitative estimate of drug-likeness (QED) is 0.537. The third-order valence-corrected chi connectivity index (χ3v) is 4.89. The molecule has 2 aromatic carbocycles. The van der Waals surface area contributed by atoms with Crippen molar-refractivity contribution in [2.75, 3.05) is 11.4 Å². The first kappa shape index (κ1) is 18.7. The first-order chi connectivity index (χ1) is 14.1. The molecule has 1 N–H and O–H groups in total. The van der Waals surface area contributed by atoms with Gasteiger partial charge in [0.2, 0.25) is 5.91 Å². The number of hydrogen-bond donors (Lipinski definition) is 1. The number of nitrogens with one attached hydrogen (secondary N) is 1. The minimum Gasteiger partial charge on any atom is -0.457 e. The van der Waals surface area contributed by atoms with E-state index in [4.69, 9.17) is 4.74 Å². The Labute approximate surface area is 167 Å². The molecule has 6 nitrogen and oxygen atoms in total. The normalized spacial score (nSPS) is 14.1. The Hall–Kier alpha value is -3.67. The molecule has 2 heterocycles. The van der Waals surface area contributed by atoms with Crippen molar-refractivity contribution in [3.8, 4) is 0 Å². The molecule has 0 bridgehead atoms. The molecule has 1 amide bonds. The maximum atomic E-state index is 12.1. The molecule has 146 valence electrons. The Kier molecular flexibility index (Phi) is 5.24. The molecule has 3 aromatic rings. The van der Waals surface area contributed by atoms with Crippen LogP contribution in [-0.4, -0.2) is 23.4 Å². The van der Waals surface area contributed by atoms with Crippen LogP contribution in [0.25, 0.3) is 17.0 Å². The maximum Gasteiger partial charge on any atom is 0.331 e. The van der Waals surface area contributed by atoms with Crippen LogP contribution in [0.3, 0.4) is 0 Å². The summed E-state index contributed by atoms with van der Waals surface area (Å²) in [5.41, 5.74) is 2.55. The second-order valence-electron chi connectivity index (χ2n) is 6.89. The first-order valence-electron chi connectivity index (χ1n) is 9.46. The van der Waals surface area contributed by atoms with E-state index in [1.165, 1.54) is 6.08 Å². The van der Waals surface area contributed by atoms with E-state index in [1.54, 1.807) is 17.0 Å². The van der Waals surface area contributed by atoms with E-state index in [0.717, 1.165) is 35.1 Å². The van der Waals surface area contributed by atoms with Crippen LogP contribution in [0.15, 0.2) is 65.5 Å². The van der Waals surface area contributed by atoms with Crippen molar-refractivity contribution in [3.63, 3.8) is 0 Å². The predicted octanol–water partition coefficient (Wildman–Crippen LogP) is 3.41. The van der Waals surface area contributed by atoms with Crippen molar-refractivity contribution < 1.29 is 14.3 Å². The Morgan fingerprint density at radius 3 is 2.66 bits per heavy atom. The fourth-order valence-electron chi connectivity index (χ4n) is 3.35. The van der Waals surface area contributed by atoms with E-state index in [9.17, 15) is 14.4 Å². The minimum atomic E-state index is -0.531. The van der Waals surface area contributed by atoms with E-state index in [0.29, 0.717) is 12.0 Å². The summed E-state index contributed by atoms with van der Waals surface area (Å²) in [6, 6.07) is 16.6. The van der Waals surface area contributed by atoms with Crippen LogP contribution in [0.2, 0.25) is 0 Å². The van der Waals surface area contributed by atoms with E-state index in [-0.39, 0.29) is 18.1 Å². The summed E-state index contributed by atoms with van der Waals surface area (Å²) in [5.74, 6) is -0.392. The average Bonchev–Trinajstić information content (AvgIpc) is 3.17. The minimum absolute atomic E-state index is 0.0979. The zero-order valence-electron chi connectivity index (χ0n) is 15.8. The van der Waals surface area contributed by atoms with Gasteiger partial charge >= 0.3 is 5.97 Å². The Morgan fingerprint density at radius 1 is 1.10 bits per heavy atom. The van der Waals surface area contributed by atoms with Crippen molar-refractivity contribution in [1.82, 2.24) is 4.98 Å². The first-order valence-corrected chi connectivity index (χ1v) is 9.46. The van der Waals surface area contributed by atoms with Crippen molar-refractivity contribution in [2.24, 2.45) is 0 Å². The molecule has 4 rings (SSSR count). The topological polar surface area (TPSA) is 79.5 Å². The molecule has 0 aliphatic carbocycles. The highest BCUT2D eigenvalue weighted by Crippen LogP contribution is 2.22. The average molecular weight is 388 g/mol. The molecule has 1 saturated heterocycles. The van der Waals surface area contributed by atoms with Gasteiger partial charge < -0.3 is 14.6 Å². The van der Waals surface area contributed by atoms with Gasteiger partial charge in [-0.15, -0.1) is 0 Å². The van der Waals surface area contributed by atoms with Gasteiger partial charge in [0.15, 0.2) is 0 Å². The molecule has 1 aliphatic rings. The second kappa shape index (κ2) is 8.14. The standard InChI is InChI=1S/C23H20N2O4/c26-21-6-3-13-25(21)19-10-7-16(8-11-19)9-12-22(27)29-15-18-14-17-4-1-2-5-20(17)24-23(18)28/h1-2,4-5,7-12,14H,3,6,13,15H2,(H,24,28)/b12-9+. The summed E-state index contributed by atoms with van der Waals surface area (Å²) in [5, 5.41) is 0.880. The zero-order chi connectivity index (χ0) is 20.2. The summed E-state index contributed by atoms with van der Waals surface area (Å²) in [4.78, 5) is 40.4. The number of amides is 1. The number of hydrogen-bond acceptors (Lipinski definition) is 4. The highest BCUT2D eigenvalue weighted by atomic mass is 16.5. The largest absolute Gasteiger partial charge is 0.457 e. The van der Waals surface area contributed by atoms with Crippen LogP contribution in [-0.2, 0) is 20.9 Å². The van der Waals surface area contributed by atoms with Gasteiger partial charge in [-0.05, 0) is 47.7 Å². The van der Waals surface area contributed by atoms with Gasteiger partial charge in [-0.3, -0.25) is 9.59 Å². The molecule has 0 unspecified atom stereocenters. The van der Waals surface area contributed by atoms with E-state index in [1.807, 2.05) is 48.5 Å². The van der Waals surface area contributed by atoms with Crippen molar-refractivity contribution in [2.45, 2.75) is 19.4 Å². The highest BCUT2D eigenvalue weighted by Gasteiger charge is 2.21. The summed E-state index contributed by atoms with van der Waals surface area (Å²) >= 11 is 0. The Morgan fingerprint density at radius 2 is 1.90 bits per heavy atom. The summed E-state index contributed by atoms with van der Waals surface area (Å²) in [6.45, 7) is 0.646. The van der Waals surface area contributed by atoms with Gasteiger partial charge in [0, 0.05) is 30.2 Å². The fraction of sp³-hybridized carbons (Fsp3) is 0.174. The van der Waals surface area contributed by atoms with Gasteiger partial charge in [-0.2, -0.15) is 0 Å². The van der Waals surface area contributed by atoms with Crippen LogP contribution < -0.4 is 10.5 Å². The molecule has 6 heteroatoms. The lowest BCUT2D eigenvalue weighted by atomic mass is 10.1. The number of aromatic amines is 1. The Balaban J connectivity index is 1.37. The monoisotopic (exact) mass is 388 g/mol. The number of nitrogens with zero attached hydrogens (tertiary/aromatic N) is 1. The maximum absolute atomic E-state index is 12.1. The fourth-order valence-corrected chi connectivity index (χ4v) is 3.35. The van der Waals surface area contributed by atoms with Crippen molar-refractivity contribution >= 4 is 34.5 Å². The van der Waals surface area contributed by atoms with Gasteiger partial charge in [0.05, 0.1) is 5.56 Å². The number of carbonyl (C=O) groups is 2. The number of esters is 1. The number of pyridine rings is 1. The van der Waals surface area contributed by atoms with Crippen molar-refractivity contribution in [3.05, 3.63) is 82.2 Å². The lowest BCUT2D eigenvalue weighted by molar-refractivity contribution is -0.138. The SMILES string of the molecule is O=C(/C=C/c1ccc(N2CCCC2=O)cc1)OCc1cc2ccccc2[nH]c1=O. The lowest BCUT2D eigenvalue weighted by Gasteiger charge is -2.15. The van der Waals surface area contributed by atoms with E-state index >= 15 is 0 Å². The van der Waals surface area contributed by atoms with Gasteiger partial charge in [0.25, 0.3) is 5.56 Å². The van der Waals surface area contributed by atoms with Crippen LogP contribution in [0.4, 0.5) is 5.69 Å². The smallest absolute Gasteiger partial charge is 0.331 e. The zero-order valence-corrected chi connectivity index (χ0v) is 15.8. The number of fused-ring (bicyclic) bond motifs is 1. The number of benzene rings is 2. The summed E-state index contributed by atoms with van der Waals surface area (Å²) in [7, 11) is 0. The second-order valence-corrected chi connectivity index (χ2v) is 6.89. The molecule has 1 aliphatic heterocycles. The summed E-state index contributed by atoms with van der Waals surface area (Å²) in [6.07, 6.45) is 4.44. The van der Waals surface area contributed by atoms with E-state index in [2.05, 4.69) is 4.98 Å². The van der Waals surface area contributed by atoms with Crippen LogP contribution >= 0.6 is 0 Å². The molecular weight excluding hydrogens is 368 g/mol. The molecule has 1 aromatic heterocycles.